The largest absolute Gasteiger partial charge is 0.550 e. The monoisotopic (exact) mass is 250 g/mol. The second kappa shape index (κ2) is 7.32. The maximum Gasteiger partial charge on any atom is 0.220 e. The van der Waals surface area contributed by atoms with E-state index < -0.39 is 5.97 Å². The van der Waals surface area contributed by atoms with Crippen LogP contribution in [0.3, 0.4) is 0 Å². The number of rotatable bonds is 7. The van der Waals surface area contributed by atoms with Crippen LogP contribution in [0.4, 0.5) is 0 Å². The van der Waals surface area contributed by atoms with E-state index in [1.54, 1.807) is 7.11 Å². The van der Waals surface area contributed by atoms with Gasteiger partial charge in [0.25, 0.3) is 0 Å². The summed E-state index contributed by atoms with van der Waals surface area (Å²) in [5.41, 5.74) is 1.00. The molecule has 0 unspecified atom stereocenters. The number of amides is 1. The van der Waals surface area contributed by atoms with Gasteiger partial charge in [-0.1, -0.05) is 18.2 Å². The van der Waals surface area contributed by atoms with E-state index in [2.05, 4.69) is 5.32 Å². The summed E-state index contributed by atoms with van der Waals surface area (Å²) in [5, 5.41) is 12.8. The lowest BCUT2D eigenvalue weighted by atomic mass is 10.1. The Morgan fingerprint density at radius 3 is 2.67 bits per heavy atom. The fraction of sp³-hybridized carbons (Fsp3) is 0.385. The van der Waals surface area contributed by atoms with Gasteiger partial charge in [0.2, 0.25) is 5.91 Å². The fourth-order valence-electron chi connectivity index (χ4n) is 1.55. The second-order valence-corrected chi connectivity index (χ2v) is 3.78. The van der Waals surface area contributed by atoms with Crippen LogP contribution in [0.15, 0.2) is 24.3 Å². The van der Waals surface area contributed by atoms with Gasteiger partial charge in [-0.3, -0.25) is 4.79 Å². The molecule has 1 N–H and O–H groups in total. The SMILES string of the molecule is COc1ccccc1CCNC(=O)CCC(=O)[O-]. The zero-order chi connectivity index (χ0) is 13.4. The average Bonchev–Trinajstić information content (AvgIpc) is 2.37. The number of methoxy groups -OCH3 is 1. The Labute approximate surface area is 106 Å². The van der Waals surface area contributed by atoms with Crippen LogP contribution in [0.5, 0.6) is 5.75 Å². The lowest BCUT2D eigenvalue weighted by Crippen LogP contribution is -2.29. The number of para-hydroxylation sites is 1. The summed E-state index contributed by atoms with van der Waals surface area (Å²) in [4.78, 5) is 21.4. The molecule has 0 fully saturated rings. The summed E-state index contributed by atoms with van der Waals surface area (Å²) >= 11 is 0. The van der Waals surface area contributed by atoms with Gasteiger partial charge < -0.3 is 20.0 Å². The highest BCUT2D eigenvalue weighted by atomic mass is 16.5. The highest BCUT2D eigenvalue weighted by Gasteiger charge is 2.03. The van der Waals surface area contributed by atoms with Crippen LogP contribution in [-0.4, -0.2) is 25.5 Å². The van der Waals surface area contributed by atoms with E-state index in [-0.39, 0.29) is 18.7 Å². The van der Waals surface area contributed by atoms with Gasteiger partial charge in [0.1, 0.15) is 5.75 Å². The molecule has 0 saturated heterocycles. The Balaban J connectivity index is 2.33. The molecular formula is C13H16NO4-. The molecule has 1 aromatic carbocycles. The summed E-state index contributed by atoms with van der Waals surface area (Å²) < 4.78 is 5.18. The Hall–Kier alpha value is -2.04. The Kier molecular flexibility index (Phi) is 5.70. The van der Waals surface area contributed by atoms with Crippen LogP contribution in [-0.2, 0) is 16.0 Å². The van der Waals surface area contributed by atoms with Crippen molar-refractivity contribution in [2.24, 2.45) is 0 Å². The lowest BCUT2D eigenvalue weighted by molar-refractivity contribution is -0.305. The maximum atomic E-state index is 11.3. The molecule has 0 aliphatic carbocycles. The standard InChI is InChI=1S/C13H17NO4/c1-18-11-5-3-2-4-10(11)8-9-14-12(15)6-7-13(16)17/h2-5H,6-9H2,1H3,(H,14,15)(H,16,17)/p-1. The minimum absolute atomic E-state index is 0.0474. The second-order valence-electron chi connectivity index (χ2n) is 3.78. The fourth-order valence-corrected chi connectivity index (χ4v) is 1.55. The van der Waals surface area contributed by atoms with Crippen LogP contribution in [0.1, 0.15) is 18.4 Å². The zero-order valence-electron chi connectivity index (χ0n) is 10.3. The van der Waals surface area contributed by atoms with Gasteiger partial charge in [-0.2, -0.15) is 0 Å². The van der Waals surface area contributed by atoms with Gasteiger partial charge in [0, 0.05) is 18.9 Å². The van der Waals surface area contributed by atoms with Gasteiger partial charge >= 0.3 is 0 Å². The van der Waals surface area contributed by atoms with E-state index in [0.717, 1.165) is 11.3 Å². The van der Waals surface area contributed by atoms with Crippen molar-refractivity contribution in [3.05, 3.63) is 29.8 Å². The van der Waals surface area contributed by atoms with E-state index in [1.807, 2.05) is 24.3 Å². The van der Waals surface area contributed by atoms with Crippen molar-refractivity contribution in [1.29, 1.82) is 0 Å². The van der Waals surface area contributed by atoms with Crippen molar-refractivity contribution in [2.75, 3.05) is 13.7 Å². The Morgan fingerprint density at radius 2 is 2.00 bits per heavy atom. The van der Waals surface area contributed by atoms with Crippen LogP contribution >= 0.6 is 0 Å². The molecule has 5 nitrogen and oxygen atoms in total. The van der Waals surface area contributed by atoms with E-state index >= 15 is 0 Å². The molecule has 0 atom stereocenters. The van der Waals surface area contributed by atoms with E-state index in [9.17, 15) is 14.7 Å². The smallest absolute Gasteiger partial charge is 0.220 e. The predicted octanol–water partition coefficient (Wildman–Crippen LogP) is -0.116. The third-order valence-corrected chi connectivity index (χ3v) is 2.47. The highest BCUT2D eigenvalue weighted by molar-refractivity contribution is 5.79. The molecule has 0 radical (unpaired) electrons. The van der Waals surface area contributed by atoms with Gasteiger partial charge in [-0.05, 0) is 24.5 Å². The van der Waals surface area contributed by atoms with Crippen LogP contribution < -0.4 is 15.2 Å². The number of hydrogen-bond acceptors (Lipinski definition) is 4. The molecule has 1 amide bonds. The number of hydrogen-bond donors (Lipinski definition) is 1. The molecule has 0 bridgehead atoms. The first-order valence-corrected chi connectivity index (χ1v) is 5.72. The minimum Gasteiger partial charge on any atom is -0.550 e. The van der Waals surface area contributed by atoms with E-state index in [1.165, 1.54) is 0 Å². The number of carboxylic acids is 1. The molecule has 18 heavy (non-hydrogen) atoms. The Morgan fingerprint density at radius 1 is 1.28 bits per heavy atom. The lowest BCUT2D eigenvalue weighted by Gasteiger charge is -2.09. The number of nitrogens with one attached hydrogen (secondary N) is 1. The first-order chi connectivity index (χ1) is 8.63. The van der Waals surface area contributed by atoms with Crippen molar-refractivity contribution in [1.82, 2.24) is 5.32 Å². The molecular weight excluding hydrogens is 234 g/mol. The first kappa shape index (κ1) is 14.0. The molecule has 0 heterocycles. The third-order valence-electron chi connectivity index (χ3n) is 2.47. The average molecular weight is 250 g/mol. The van der Waals surface area contributed by atoms with Crippen molar-refractivity contribution >= 4 is 11.9 Å². The highest BCUT2D eigenvalue weighted by Crippen LogP contribution is 2.17. The van der Waals surface area contributed by atoms with Gasteiger partial charge in [0.05, 0.1) is 7.11 Å². The van der Waals surface area contributed by atoms with Crippen LogP contribution in [0, 0.1) is 0 Å². The minimum atomic E-state index is -1.21. The van der Waals surface area contributed by atoms with Crippen molar-refractivity contribution in [3.8, 4) is 5.75 Å². The third kappa shape index (κ3) is 4.86. The summed E-state index contributed by atoms with van der Waals surface area (Å²) in [6.45, 7) is 0.451. The summed E-state index contributed by atoms with van der Waals surface area (Å²) in [6.07, 6.45) is 0.343. The van der Waals surface area contributed by atoms with Gasteiger partial charge in [-0.15, -0.1) is 0 Å². The molecule has 98 valence electrons. The number of carboxylic acid groups (broad SMARTS) is 1. The van der Waals surface area contributed by atoms with Crippen molar-refractivity contribution in [3.63, 3.8) is 0 Å². The first-order valence-electron chi connectivity index (χ1n) is 5.72. The van der Waals surface area contributed by atoms with Crippen LogP contribution in [0.25, 0.3) is 0 Å². The number of ether oxygens (including phenoxy) is 1. The predicted molar refractivity (Wildman–Crippen MR) is 63.9 cm³/mol. The topological polar surface area (TPSA) is 78.5 Å². The number of carbonyl (C=O) groups excluding carboxylic acids is 2. The molecule has 5 heteroatoms. The molecule has 0 aliphatic heterocycles. The molecule has 1 rings (SSSR count). The van der Waals surface area contributed by atoms with Crippen molar-refractivity contribution < 1.29 is 19.4 Å². The number of aliphatic carboxylic acids is 1. The normalized spacial score (nSPS) is 9.83. The van der Waals surface area contributed by atoms with Gasteiger partial charge in [-0.25, -0.2) is 0 Å². The molecule has 0 aliphatic rings. The molecule has 0 spiro atoms. The zero-order valence-corrected chi connectivity index (χ0v) is 10.3. The molecule has 0 aromatic heterocycles. The van der Waals surface area contributed by atoms with E-state index in [4.69, 9.17) is 4.74 Å². The quantitative estimate of drug-likeness (QED) is 0.732. The maximum absolute atomic E-state index is 11.3. The number of benzene rings is 1. The van der Waals surface area contributed by atoms with E-state index in [0.29, 0.717) is 13.0 Å². The van der Waals surface area contributed by atoms with Crippen LogP contribution in [0.2, 0.25) is 0 Å². The Bertz CT molecular complexity index is 417. The molecule has 1 aromatic rings. The van der Waals surface area contributed by atoms with Crippen molar-refractivity contribution in [2.45, 2.75) is 19.3 Å². The summed E-state index contributed by atoms with van der Waals surface area (Å²) in [6, 6.07) is 7.55. The molecule has 0 saturated carbocycles. The van der Waals surface area contributed by atoms with Gasteiger partial charge in [0.15, 0.2) is 0 Å². The summed E-state index contributed by atoms with van der Waals surface area (Å²) in [7, 11) is 1.59. The summed E-state index contributed by atoms with van der Waals surface area (Å²) in [5.74, 6) is -0.717. The number of carbonyl (C=O) groups is 2.